The van der Waals surface area contributed by atoms with Crippen molar-refractivity contribution in [3.63, 3.8) is 0 Å². The van der Waals surface area contributed by atoms with Crippen LogP contribution in [0.25, 0.3) is 11.2 Å². The highest BCUT2D eigenvalue weighted by molar-refractivity contribution is 5.96. The average molecular weight is 297 g/mol. The molecule has 0 aliphatic heterocycles. The largest absolute Gasteiger partial charge is 0.340 e. The minimum absolute atomic E-state index is 0.0807. The van der Waals surface area contributed by atoms with Crippen molar-refractivity contribution in [1.82, 2.24) is 15.0 Å². The number of Topliss-reactive ketones (excluding diaryl/α,β-unsaturated/α-hetero) is 2. The van der Waals surface area contributed by atoms with Crippen molar-refractivity contribution in [2.45, 2.75) is 45.4 Å². The summed E-state index contributed by atoms with van der Waals surface area (Å²) in [6, 6.07) is 3.52. The molecule has 2 aromatic heterocycles. The zero-order valence-electron chi connectivity index (χ0n) is 13.1. The summed E-state index contributed by atoms with van der Waals surface area (Å²) < 4.78 is 0. The number of hydrogen-bond donors (Lipinski definition) is 1. The number of carbonyl (C=O) groups is 2. The summed E-state index contributed by atoms with van der Waals surface area (Å²) in [5, 5.41) is 0. The van der Waals surface area contributed by atoms with Crippen molar-refractivity contribution in [1.29, 1.82) is 0 Å². The summed E-state index contributed by atoms with van der Waals surface area (Å²) in [7, 11) is 0. The molecule has 2 heterocycles. The number of nitrogens with zero attached hydrogens (tertiary/aromatic N) is 2. The SMILES string of the molecule is CC(=O)c1ccc2[nH]c(C34CCC(CC3=O)C4(C)C)nc2n1. The normalized spacial score (nSPS) is 29.4. The monoisotopic (exact) mass is 297 g/mol. The molecule has 2 atom stereocenters. The van der Waals surface area contributed by atoms with E-state index in [2.05, 4.69) is 28.8 Å². The predicted molar refractivity (Wildman–Crippen MR) is 81.7 cm³/mol. The van der Waals surface area contributed by atoms with Crippen molar-refractivity contribution < 1.29 is 9.59 Å². The van der Waals surface area contributed by atoms with Gasteiger partial charge in [-0.15, -0.1) is 0 Å². The van der Waals surface area contributed by atoms with Crippen molar-refractivity contribution in [3.05, 3.63) is 23.7 Å². The Morgan fingerprint density at radius 1 is 1.32 bits per heavy atom. The predicted octanol–water partition coefficient (Wildman–Crippen LogP) is 2.81. The number of rotatable bonds is 2. The van der Waals surface area contributed by atoms with Crippen LogP contribution in [0.2, 0.25) is 0 Å². The van der Waals surface area contributed by atoms with Gasteiger partial charge in [-0.25, -0.2) is 9.97 Å². The Morgan fingerprint density at radius 2 is 2.09 bits per heavy atom. The van der Waals surface area contributed by atoms with Crippen LogP contribution in [0, 0.1) is 11.3 Å². The van der Waals surface area contributed by atoms with E-state index in [9.17, 15) is 9.59 Å². The molecule has 0 aromatic carbocycles. The Morgan fingerprint density at radius 3 is 2.68 bits per heavy atom. The summed E-state index contributed by atoms with van der Waals surface area (Å²) in [6.45, 7) is 5.85. The fourth-order valence-corrected chi connectivity index (χ4v) is 4.52. The fraction of sp³-hybridized carbons (Fsp3) is 0.529. The Balaban J connectivity index is 1.91. The molecule has 114 valence electrons. The number of fused-ring (bicyclic) bond motifs is 3. The quantitative estimate of drug-likeness (QED) is 0.865. The van der Waals surface area contributed by atoms with E-state index >= 15 is 0 Å². The summed E-state index contributed by atoms with van der Waals surface area (Å²) in [5.41, 5.74) is 1.12. The van der Waals surface area contributed by atoms with Gasteiger partial charge in [-0.3, -0.25) is 9.59 Å². The first kappa shape index (κ1) is 13.6. The van der Waals surface area contributed by atoms with Crippen LogP contribution in [0.5, 0.6) is 0 Å². The zero-order valence-corrected chi connectivity index (χ0v) is 13.1. The van der Waals surface area contributed by atoms with Gasteiger partial charge in [-0.05, 0) is 36.3 Å². The third-order valence-corrected chi connectivity index (χ3v) is 6.01. The molecule has 2 fully saturated rings. The van der Waals surface area contributed by atoms with Crippen molar-refractivity contribution in [2.24, 2.45) is 11.3 Å². The summed E-state index contributed by atoms with van der Waals surface area (Å²) in [6.07, 6.45) is 2.57. The van der Waals surface area contributed by atoms with Gasteiger partial charge in [-0.1, -0.05) is 13.8 Å². The highest BCUT2D eigenvalue weighted by Gasteiger charge is 2.66. The number of aromatic amines is 1. The van der Waals surface area contributed by atoms with E-state index in [1.165, 1.54) is 6.92 Å². The minimum Gasteiger partial charge on any atom is -0.340 e. The molecule has 2 aromatic rings. The molecule has 0 saturated heterocycles. The lowest BCUT2D eigenvalue weighted by Crippen LogP contribution is -2.41. The van der Waals surface area contributed by atoms with Gasteiger partial charge in [0.25, 0.3) is 0 Å². The second kappa shape index (κ2) is 4.03. The van der Waals surface area contributed by atoms with Crippen LogP contribution < -0.4 is 0 Å². The second-order valence-corrected chi connectivity index (χ2v) is 7.20. The zero-order chi connectivity index (χ0) is 15.7. The van der Waals surface area contributed by atoms with Crippen LogP contribution in [0.15, 0.2) is 12.1 Å². The number of carbonyl (C=O) groups excluding carboxylic acids is 2. The highest BCUT2D eigenvalue weighted by atomic mass is 16.1. The summed E-state index contributed by atoms with van der Waals surface area (Å²) >= 11 is 0. The molecule has 0 radical (unpaired) electrons. The third-order valence-electron chi connectivity index (χ3n) is 6.01. The first-order chi connectivity index (χ1) is 10.4. The number of nitrogens with one attached hydrogen (secondary N) is 1. The molecule has 22 heavy (non-hydrogen) atoms. The molecule has 5 nitrogen and oxygen atoms in total. The topological polar surface area (TPSA) is 75.7 Å². The number of hydrogen-bond acceptors (Lipinski definition) is 4. The maximum atomic E-state index is 12.7. The summed E-state index contributed by atoms with van der Waals surface area (Å²) in [5.74, 6) is 1.38. The maximum Gasteiger partial charge on any atom is 0.178 e. The molecule has 4 rings (SSSR count). The Bertz CT molecular complexity index is 820. The standard InChI is InChI=1S/C17H19N3O2/c1-9(21)11-4-5-12-14(18-11)20-15(19-12)17-7-6-10(8-13(17)22)16(17,2)3/h4-5,10H,6-8H2,1-3H3,(H,18,19,20). The van der Waals surface area contributed by atoms with Crippen LogP contribution in [0.3, 0.4) is 0 Å². The van der Waals surface area contributed by atoms with Gasteiger partial charge in [0.2, 0.25) is 0 Å². The van der Waals surface area contributed by atoms with E-state index in [0.717, 1.165) is 24.2 Å². The lowest BCUT2D eigenvalue weighted by molar-refractivity contribution is -0.124. The smallest absolute Gasteiger partial charge is 0.178 e. The molecule has 5 heteroatoms. The Hall–Kier alpha value is -2.04. The van der Waals surface area contributed by atoms with E-state index in [0.29, 0.717) is 29.5 Å². The van der Waals surface area contributed by atoms with E-state index in [1.54, 1.807) is 6.07 Å². The van der Waals surface area contributed by atoms with Crippen LogP contribution in [0.1, 0.15) is 56.3 Å². The molecular formula is C17H19N3O2. The van der Waals surface area contributed by atoms with Gasteiger partial charge >= 0.3 is 0 Å². The van der Waals surface area contributed by atoms with E-state index < -0.39 is 5.41 Å². The number of imidazole rings is 1. The second-order valence-electron chi connectivity index (χ2n) is 7.20. The van der Waals surface area contributed by atoms with Crippen LogP contribution in [0.4, 0.5) is 0 Å². The number of ketones is 2. The van der Waals surface area contributed by atoms with Crippen LogP contribution >= 0.6 is 0 Å². The van der Waals surface area contributed by atoms with Gasteiger partial charge in [0.1, 0.15) is 17.3 Å². The van der Waals surface area contributed by atoms with Gasteiger partial charge in [-0.2, -0.15) is 0 Å². The molecule has 0 spiro atoms. The summed E-state index contributed by atoms with van der Waals surface area (Å²) in [4.78, 5) is 36.4. The number of H-pyrrole nitrogens is 1. The molecule has 2 aliphatic rings. The third kappa shape index (κ3) is 1.44. The molecule has 2 unspecified atom stereocenters. The lowest BCUT2D eigenvalue weighted by atomic mass is 9.68. The average Bonchev–Trinajstić information content (AvgIpc) is 3.04. The number of pyridine rings is 1. The van der Waals surface area contributed by atoms with Gasteiger partial charge in [0, 0.05) is 13.3 Å². The van der Waals surface area contributed by atoms with E-state index in [-0.39, 0.29) is 11.2 Å². The first-order valence-corrected chi connectivity index (χ1v) is 7.78. The lowest BCUT2D eigenvalue weighted by Gasteiger charge is -2.34. The molecule has 0 amide bonds. The first-order valence-electron chi connectivity index (χ1n) is 7.78. The fourth-order valence-electron chi connectivity index (χ4n) is 4.52. The molecule has 2 bridgehead atoms. The Labute approximate surface area is 128 Å². The Kier molecular flexibility index (Phi) is 2.49. The van der Waals surface area contributed by atoms with E-state index in [1.807, 2.05) is 6.07 Å². The van der Waals surface area contributed by atoms with Crippen LogP contribution in [-0.2, 0) is 10.2 Å². The van der Waals surface area contributed by atoms with Crippen molar-refractivity contribution >= 4 is 22.7 Å². The maximum absolute atomic E-state index is 12.7. The van der Waals surface area contributed by atoms with Crippen LogP contribution in [-0.4, -0.2) is 26.5 Å². The van der Waals surface area contributed by atoms with Crippen molar-refractivity contribution in [3.8, 4) is 0 Å². The van der Waals surface area contributed by atoms with Gasteiger partial charge in [0.15, 0.2) is 11.4 Å². The molecule has 2 aliphatic carbocycles. The molecule has 2 saturated carbocycles. The molecular weight excluding hydrogens is 278 g/mol. The molecule has 1 N–H and O–H groups in total. The van der Waals surface area contributed by atoms with Crippen molar-refractivity contribution in [2.75, 3.05) is 0 Å². The number of aromatic nitrogens is 3. The minimum atomic E-state index is -0.519. The highest BCUT2D eigenvalue weighted by Crippen LogP contribution is 2.63. The van der Waals surface area contributed by atoms with Gasteiger partial charge < -0.3 is 4.98 Å². The van der Waals surface area contributed by atoms with Gasteiger partial charge in [0.05, 0.1) is 10.9 Å². The van der Waals surface area contributed by atoms with E-state index in [4.69, 9.17) is 0 Å².